The maximum Gasteiger partial charge on any atom is 0.307 e. The molecular formula is C18H18FNO3. The van der Waals surface area contributed by atoms with E-state index in [9.17, 15) is 14.0 Å². The van der Waals surface area contributed by atoms with Crippen LogP contribution in [0.15, 0.2) is 48.5 Å². The third-order valence-corrected chi connectivity index (χ3v) is 3.53. The number of hydrogen-bond donors (Lipinski definition) is 1. The Bertz CT molecular complexity index is 698. The van der Waals surface area contributed by atoms with Gasteiger partial charge in [0.2, 0.25) is 0 Å². The molecule has 2 aromatic carbocycles. The summed E-state index contributed by atoms with van der Waals surface area (Å²) in [6.45, 7) is 0.494. The Hall–Kier alpha value is -2.69. The predicted octanol–water partition coefficient (Wildman–Crippen LogP) is 2.77. The Balaban J connectivity index is 1.98. The molecule has 0 unspecified atom stereocenters. The van der Waals surface area contributed by atoms with Gasteiger partial charge in [0.1, 0.15) is 5.82 Å². The van der Waals surface area contributed by atoms with Crippen LogP contribution in [0.4, 0.5) is 4.39 Å². The molecule has 0 radical (unpaired) electrons. The van der Waals surface area contributed by atoms with Gasteiger partial charge in [0, 0.05) is 19.2 Å². The molecule has 0 aliphatic heterocycles. The van der Waals surface area contributed by atoms with E-state index in [1.54, 1.807) is 48.3 Å². The monoisotopic (exact) mass is 315 g/mol. The average molecular weight is 315 g/mol. The Morgan fingerprint density at radius 2 is 1.78 bits per heavy atom. The molecule has 0 aliphatic rings. The molecule has 0 bridgehead atoms. The van der Waals surface area contributed by atoms with Crippen LogP contribution in [0.3, 0.4) is 0 Å². The zero-order valence-corrected chi connectivity index (χ0v) is 12.8. The van der Waals surface area contributed by atoms with Crippen LogP contribution in [0.5, 0.6) is 0 Å². The summed E-state index contributed by atoms with van der Waals surface area (Å²) in [4.78, 5) is 24.7. The normalized spacial score (nSPS) is 10.3. The fraction of sp³-hybridized carbons (Fsp3) is 0.222. The van der Waals surface area contributed by atoms with Gasteiger partial charge < -0.3 is 10.0 Å². The van der Waals surface area contributed by atoms with Crippen molar-refractivity contribution in [1.29, 1.82) is 0 Å². The Morgan fingerprint density at radius 3 is 2.43 bits per heavy atom. The van der Waals surface area contributed by atoms with E-state index in [1.807, 2.05) is 0 Å². The number of likely N-dealkylation sites (N-methyl/N-ethyl adjacent to an activating group) is 1. The summed E-state index contributed by atoms with van der Waals surface area (Å²) >= 11 is 0. The number of halogens is 1. The zero-order chi connectivity index (χ0) is 16.8. The van der Waals surface area contributed by atoms with Crippen LogP contribution in [0, 0.1) is 5.82 Å². The second-order valence-corrected chi connectivity index (χ2v) is 5.37. The average Bonchev–Trinajstić information content (AvgIpc) is 2.53. The standard InChI is InChI=1S/C18H18FNO3/c1-20(10-9-13-5-7-16(19)8-6-13)18(23)15-4-2-3-14(11-15)12-17(21)22/h2-8,11H,9-10,12H2,1H3,(H,21,22). The summed E-state index contributed by atoms with van der Waals surface area (Å²) in [5, 5.41) is 8.81. The van der Waals surface area contributed by atoms with Crippen LogP contribution >= 0.6 is 0 Å². The lowest BCUT2D eigenvalue weighted by atomic mass is 10.1. The van der Waals surface area contributed by atoms with Crippen molar-refractivity contribution in [2.75, 3.05) is 13.6 Å². The fourth-order valence-electron chi connectivity index (χ4n) is 2.26. The van der Waals surface area contributed by atoms with E-state index in [4.69, 9.17) is 5.11 Å². The van der Waals surface area contributed by atoms with Gasteiger partial charge in [-0.25, -0.2) is 4.39 Å². The lowest BCUT2D eigenvalue weighted by molar-refractivity contribution is -0.136. The number of hydrogen-bond acceptors (Lipinski definition) is 2. The van der Waals surface area contributed by atoms with E-state index < -0.39 is 5.97 Å². The highest BCUT2D eigenvalue weighted by molar-refractivity contribution is 5.94. The first kappa shape index (κ1) is 16.7. The van der Waals surface area contributed by atoms with Crippen molar-refractivity contribution in [1.82, 2.24) is 4.90 Å². The molecule has 2 rings (SSSR count). The molecule has 0 saturated carbocycles. The molecule has 0 aromatic heterocycles. The SMILES string of the molecule is CN(CCc1ccc(F)cc1)C(=O)c1cccc(CC(=O)O)c1. The van der Waals surface area contributed by atoms with Gasteiger partial charge in [-0.15, -0.1) is 0 Å². The molecule has 0 atom stereocenters. The minimum atomic E-state index is -0.931. The predicted molar refractivity (Wildman–Crippen MR) is 84.8 cm³/mol. The second kappa shape index (κ2) is 7.54. The van der Waals surface area contributed by atoms with Crippen molar-refractivity contribution in [3.63, 3.8) is 0 Å². The number of nitrogens with zero attached hydrogens (tertiary/aromatic N) is 1. The number of benzene rings is 2. The lowest BCUT2D eigenvalue weighted by Crippen LogP contribution is -2.29. The smallest absolute Gasteiger partial charge is 0.307 e. The first-order valence-corrected chi connectivity index (χ1v) is 7.26. The summed E-state index contributed by atoms with van der Waals surface area (Å²) in [7, 11) is 1.69. The molecule has 23 heavy (non-hydrogen) atoms. The van der Waals surface area contributed by atoms with Gasteiger partial charge in [-0.2, -0.15) is 0 Å². The molecule has 0 heterocycles. The molecule has 0 spiro atoms. The Kier molecular flexibility index (Phi) is 5.46. The lowest BCUT2D eigenvalue weighted by Gasteiger charge is -2.17. The van der Waals surface area contributed by atoms with Crippen molar-refractivity contribution < 1.29 is 19.1 Å². The van der Waals surface area contributed by atoms with E-state index in [1.165, 1.54) is 12.1 Å². The summed E-state index contributed by atoms with van der Waals surface area (Å²) in [6.07, 6.45) is 0.512. The molecule has 1 N–H and O–H groups in total. The summed E-state index contributed by atoms with van der Waals surface area (Å²) in [6, 6.07) is 12.8. The molecule has 0 aliphatic carbocycles. The van der Waals surface area contributed by atoms with Crippen LogP contribution in [-0.2, 0) is 17.6 Å². The van der Waals surface area contributed by atoms with Crippen molar-refractivity contribution in [2.24, 2.45) is 0 Å². The minimum absolute atomic E-state index is 0.111. The van der Waals surface area contributed by atoms with E-state index in [0.29, 0.717) is 24.1 Å². The first-order chi connectivity index (χ1) is 11.0. The number of amides is 1. The van der Waals surface area contributed by atoms with E-state index in [0.717, 1.165) is 5.56 Å². The van der Waals surface area contributed by atoms with Gasteiger partial charge in [0.15, 0.2) is 0 Å². The van der Waals surface area contributed by atoms with Gasteiger partial charge in [-0.3, -0.25) is 9.59 Å². The highest BCUT2D eigenvalue weighted by atomic mass is 19.1. The van der Waals surface area contributed by atoms with Gasteiger partial charge in [-0.1, -0.05) is 24.3 Å². The van der Waals surface area contributed by atoms with Crippen molar-refractivity contribution in [2.45, 2.75) is 12.8 Å². The zero-order valence-electron chi connectivity index (χ0n) is 12.8. The van der Waals surface area contributed by atoms with Crippen LogP contribution in [-0.4, -0.2) is 35.5 Å². The number of carboxylic acid groups (broad SMARTS) is 1. The summed E-state index contributed by atoms with van der Waals surface area (Å²) in [5.41, 5.74) is 2.01. The van der Waals surface area contributed by atoms with Crippen LogP contribution < -0.4 is 0 Å². The number of carboxylic acids is 1. The highest BCUT2D eigenvalue weighted by Gasteiger charge is 2.12. The van der Waals surface area contributed by atoms with Gasteiger partial charge in [-0.05, 0) is 41.8 Å². The number of rotatable bonds is 6. The van der Waals surface area contributed by atoms with Crippen LogP contribution in [0.1, 0.15) is 21.5 Å². The molecule has 2 aromatic rings. The molecule has 4 nitrogen and oxygen atoms in total. The third-order valence-electron chi connectivity index (χ3n) is 3.53. The van der Waals surface area contributed by atoms with Crippen LogP contribution in [0.2, 0.25) is 0 Å². The number of carbonyl (C=O) groups excluding carboxylic acids is 1. The van der Waals surface area contributed by atoms with Crippen molar-refractivity contribution in [3.05, 3.63) is 71.0 Å². The second-order valence-electron chi connectivity index (χ2n) is 5.37. The van der Waals surface area contributed by atoms with E-state index >= 15 is 0 Å². The topological polar surface area (TPSA) is 57.6 Å². The van der Waals surface area contributed by atoms with Gasteiger partial charge in [0.25, 0.3) is 5.91 Å². The molecule has 0 saturated heterocycles. The maximum atomic E-state index is 12.9. The third kappa shape index (κ3) is 4.92. The Labute approximate surface area is 134 Å². The molecule has 120 valence electrons. The molecule has 0 fully saturated rings. The quantitative estimate of drug-likeness (QED) is 0.892. The summed E-state index contributed by atoms with van der Waals surface area (Å²) in [5.74, 6) is -1.38. The molecule has 5 heteroatoms. The number of carbonyl (C=O) groups is 2. The highest BCUT2D eigenvalue weighted by Crippen LogP contribution is 2.10. The molecule has 1 amide bonds. The Morgan fingerprint density at radius 1 is 1.09 bits per heavy atom. The van der Waals surface area contributed by atoms with Gasteiger partial charge >= 0.3 is 5.97 Å². The maximum absolute atomic E-state index is 12.9. The minimum Gasteiger partial charge on any atom is -0.481 e. The number of aliphatic carboxylic acids is 1. The fourth-order valence-corrected chi connectivity index (χ4v) is 2.26. The first-order valence-electron chi connectivity index (χ1n) is 7.26. The summed E-state index contributed by atoms with van der Waals surface area (Å²) < 4.78 is 12.9. The van der Waals surface area contributed by atoms with Crippen molar-refractivity contribution in [3.8, 4) is 0 Å². The van der Waals surface area contributed by atoms with Crippen molar-refractivity contribution >= 4 is 11.9 Å². The van der Waals surface area contributed by atoms with Crippen LogP contribution in [0.25, 0.3) is 0 Å². The van der Waals surface area contributed by atoms with E-state index in [-0.39, 0.29) is 18.1 Å². The largest absolute Gasteiger partial charge is 0.481 e. The molecular weight excluding hydrogens is 297 g/mol. The van der Waals surface area contributed by atoms with E-state index in [2.05, 4.69) is 0 Å². The van der Waals surface area contributed by atoms with Gasteiger partial charge in [0.05, 0.1) is 6.42 Å².